The largest absolute Gasteiger partial charge is 0.486 e. The Labute approximate surface area is 193 Å². The molecular weight excluding hydrogens is 449 g/mol. The van der Waals surface area contributed by atoms with Crippen LogP contribution >= 0.6 is 0 Å². The zero-order valence-electron chi connectivity index (χ0n) is 18.3. The number of carbonyl (C=O) groups is 1. The lowest BCUT2D eigenvalue weighted by Gasteiger charge is -2.25. The second-order valence-corrected chi connectivity index (χ2v) is 9.91. The van der Waals surface area contributed by atoms with Gasteiger partial charge in [0.25, 0.3) is 10.0 Å². The second-order valence-electron chi connectivity index (χ2n) is 8.05. The van der Waals surface area contributed by atoms with Crippen LogP contribution in [0.1, 0.15) is 19.3 Å². The molecule has 178 valence electrons. The van der Waals surface area contributed by atoms with E-state index in [1.54, 1.807) is 0 Å². The number of halogens is 1. The number of amides is 1. The number of sulfonamides is 1. The number of likely N-dealkylation sites (tertiary alicyclic amines) is 1. The van der Waals surface area contributed by atoms with Crippen molar-refractivity contribution in [2.24, 2.45) is 0 Å². The van der Waals surface area contributed by atoms with Gasteiger partial charge in [0.2, 0.25) is 5.91 Å². The summed E-state index contributed by atoms with van der Waals surface area (Å²) >= 11 is 0. The summed E-state index contributed by atoms with van der Waals surface area (Å²) in [5.41, 5.74) is 0.193. The van der Waals surface area contributed by atoms with Crippen molar-refractivity contribution >= 4 is 21.6 Å². The molecule has 0 bridgehead atoms. The third kappa shape index (κ3) is 5.75. The van der Waals surface area contributed by atoms with Crippen molar-refractivity contribution in [2.75, 3.05) is 50.2 Å². The maximum absolute atomic E-state index is 13.5. The molecule has 0 atom stereocenters. The molecule has 1 N–H and O–H groups in total. The summed E-state index contributed by atoms with van der Waals surface area (Å²) in [4.78, 5) is 15.0. The van der Waals surface area contributed by atoms with E-state index in [0.29, 0.717) is 31.3 Å². The van der Waals surface area contributed by atoms with Crippen LogP contribution in [-0.2, 0) is 14.8 Å². The smallest absolute Gasteiger partial charge is 0.264 e. The summed E-state index contributed by atoms with van der Waals surface area (Å²) in [6.07, 6.45) is 3.20. The summed E-state index contributed by atoms with van der Waals surface area (Å²) < 4.78 is 52.4. The van der Waals surface area contributed by atoms with Crippen LogP contribution < -0.4 is 19.1 Å². The fourth-order valence-corrected chi connectivity index (χ4v) is 5.39. The van der Waals surface area contributed by atoms with E-state index < -0.39 is 28.3 Å². The minimum absolute atomic E-state index is 0.0436. The Morgan fingerprint density at radius 2 is 1.73 bits per heavy atom. The van der Waals surface area contributed by atoms with Crippen LogP contribution in [0.25, 0.3) is 0 Å². The normalized spacial score (nSPS) is 15.9. The zero-order chi connectivity index (χ0) is 23.3. The lowest BCUT2D eigenvalue weighted by molar-refractivity contribution is -0.119. The van der Waals surface area contributed by atoms with Crippen LogP contribution in [0, 0.1) is 5.82 Å². The van der Waals surface area contributed by atoms with Gasteiger partial charge in [-0.05, 0) is 75.3 Å². The molecule has 4 rings (SSSR count). The highest BCUT2D eigenvalue weighted by atomic mass is 32.2. The van der Waals surface area contributed by atoms with Crippen LogP contribution in [0.15, 0.2) is 47.4 Å². The molecule has 10 heteroatoms. The first-order valence-corrected chi connectivity index (χ1v) is 12.5. The number of carbonyl (C=O) groups excluding carboxylic acids is 1. The predicted octanol–water partition coefficient (Wildman–Crippen LogP) is 2.39. The van der Waals surface area contributed by atoms with Crippen molar-refractivity contribution in [2.45, 2.75) is 24.2 Å². The van der Waals surface area contributed by atoms with Gasteiger partial charge in [0, 0.05) is 12.6 Å². The van der Waals surface area contributed by atoms with Crippen LogP contribution in [0.3, 0.4) is 0 Å². The van der Waals surface area contributed by atoms with Gasteiger partial charge < -0.3 is 19.7 Å². The third-order valence-corrected chi connectivity index (χ3v) is 7.45. The number of rotatable bonds is 9. The number of hydrogen-bond acceptors (Lipinski definition) is 6. The molecule has 2 heterocycles. The molecule has 2 aromatic rings. The van der Waals surface area contributed by atoms with Gasteiger partial charge >= 0.3 is 0 Å². The molecule has 0 radical (unpaired) electrons. The molecule has 2 aliphatic heterocycles. The Kier molecular flexibility index (Phi) is 7.34. The number of hydrogen-bond donors (Lipinski definition) is 1. The number of nitrogens with zero attached hydrogens (tertiary/aromatic N) is 2. The van der Waals surface area contributed by atoms with Crippen molar-refractivity contribution in [1.82, 2.24) is 10.2 Å². The molecule has 2 aliphatic rings. The van der Waals surface area contributed by atoms with Crippen LogP contribution in [0.5, 0.6) is 11.5 Å². The summed E-state index contributed by atoms with van der Waals surface area (Å²) in [5.74, 6) is -0.138. The molecule has 0 aromatic heterocycles. The molecule has 2 aromatic carbocycles. The Bertz CT molecular complexity index is 1070. The van der Waals surface area contributed by atoms with Crippen molar-refractivity contribution < 1.29 is 27.1 Å². The standard InChI is InChI=1S/C23H28FN3O5S/c24-18-4-6-19(7-5-18)27(17-23(28)25-10-3-13-26-11-1-2-12-26)33(29,30)20-8-9-21-22(16-20)32-15-14-31-21/h4-9,16H,1-3,10-15,17H2,(H,25,28). The van der Waals surface area contributed by atoms with Crippen LogP contribution in [0.2, 0.25) is 0 Å². The number of anilines is 1. The molecule has 1 saturated heterocycles. The van der Waals surface area contributed by atoms with Crippen LogP contribution in [-0.4, -0.2) is 65.2 Å². The molecule has 8 nitrogen and oxygen atoms in total. The van der Waals surface area contributed by atoms with Gasteiger partial charge in [-0.1, -0.05) is 0 Å². The molecular formula is C23H28FN3O5S. The van der Waals surface area contributed by atoms with Gasteiger partial charge in [-0.15, -0.1) is 0 Å². The van der Waals surface area contributed by atoms with Gasteiger partial charge in [-0.25, -0.2) is 12.8 Å². The molecule has 1 amide bonds. The van der Waals surface area contributed by atoms with Crippen molar-refractivity contribution in [3.63, 3.8) is 0 Å². The Hall–Kier alpha value is -2.85. The van der Waals surface area contributed by atoms with E-state index in [-0.39, 0.29) is 10.6 Å². The van der Waals surface area contributed by atoms with Gasteiger partial charge in [0.05, 0.1) is 10.6 Å². The highest BCUT2D eigenvalue weighted by Gasteiger charge is 2.29. The Morgan fingerprint density at radius 3 is 2.45 bits per heavy atom. The zero-order valence-corrected chi connectivity index (χ0v) is 19.2. The SMILES string of the molecule is O=C(CN(c1ccc(F)cc1)S(=O)(=O)c1ccc2c(c1)OCCO2)NCCCN1CCCC1. The predicted molar refractivity (Wildman–Crippen MR) is 122 cm³/mol. The molecule has 1 fully saturated rings. The maximum atomic E-state index is 13.5. The Balaban J connectivity index is 1.49. The van der Waals surface area contributed by atoms with E-state index in [2.05, 4.69) is 10.2 Å². The number of benzene rings is 2. The second kappa shape index (κ2) is 10.4. The highest BCUT2D eigenvalue weighted by Crippen LogP contribution is 2.34. The minimum Gasteiger partial charge on any atom is -0.486 e. The van der Waals surface area contributed by atoms with Crippen molar-refractivity contribution in [3.05, 3.63) is 48.3 Å². The Morgan fingerprint density at radius 1 is 1.03 bits per heavy atom. The average Bonchev–Trinajstić information content (AvgIpc) is 3.34. The molecule has 0 spiro atoms. The van der Waals surface area contributed by atoms with E-state index >= 15 is 0 Å². The quantitative estimate of drug-likeness (QED) is 0.558. The van der Waals surface area contributed by atoms with E-state index in [0.717, 1.165) is 42.5 Å². The first-order chi connectivity index (χ1) is 15.9. The van der Waals surface area contributed by atoms with Gasteiger partial charge in [-0.3, -0.25) is 9.10 Å². The first kappa shape index (κ1) is 23.3. The summed E-state index contributed by atoms with van der Waals surface area (Å²) in [6, 6.07) is 9.33. The maximum Gasteiger partial charge on any atom is 0.264 e. The van der Waals surface area contributed by atoms with E-state index in [4.69, 9.17) is 9.47 Å². The van der Waals surface area contributed by atoms with E-state index in [9.17, 15) is 17.6 Å². The number of ether oxygens (including phenoxy) is 2. The van der Waals surface area contributed by atoms with E-state index in [1.807, 2.05) is 0 Å². The van der Waals surface area contributed by atoms with Crippen molar-refractivity contribution in [3.8, 4) is 11.5 Å². The van der Waals surface area contributed by atoms with Gasteiger partial charge in [0.1, 0.15) is 25.6 Å². The third-order valence-electron chi connectivity index (χ3n) is 5.68. The first-order valence-electron chi connectivity index (χ1n) is 11.1. The van der Waals surface area contributed by atoms with Gasteiger partial charge in [0.15, 0.2) is 11.5 Å². The van der Waals surface area contributed by atoms with Gasteiger partial charge in [-0.2, -0.15) is 0 Å². The fraction of sp³-hybridized carbons (Fsp3) is 0.435. The number of fused-ring (bicyclic) bond motifs is 1. The molecule has 0 aliphatic carbocycles. The summed E-state index contributed by atoms with van der Waals surface area (Å²) in [7, 11) is -4.13. The number of nitrogens with one attached hydrogen (secondary N) is 1. The van der Waals surface area contributed by atoms with Crippen molar-refractivity contribution in [1.29, 1.82) is 0 Å². The average molecular weight is 478 g/mol. The van der Waals surface area contributed by atoms with E-state index in [1.165, 1.54) is 43.2 Å². The summed E-state index contributed by atoms with van der Waals surface area (Å²) in [6.45, 7) is 3.80. The lowest BCUT2D eigenvalue weighted by atomic mass is 10.3. The monoisotopic (exact) mass is 477 g/mol. The topological polar surface area (TPSA) is 88.2 Å². The van der Waals surface area contributed by atoms with Crippen LogP contribution in [0.4, 0.5) is 10.1 Å². The lowest BCUT2D eigenvalue weighted by Crippen LogP contribution is -2.41. The molecule has 33 heavy (non-hydrogen) atoms. The molecule has 0 unspecified atom stereocenters. The fourth-order valence-electron chi connectivity index (χ4n) is 3.96. The highest BCUT2D eigenvalue weighted by molar-refractivity contribution is 7.92. The minimum atomic E-state index is -4.13. The summed E-state index contributed by atoms with van der Waals surface area (Å²) in [5, 5.41) is 2.80. The molecule has 0 saturated carbocycles.